The molecule has 0 spiro atoms. The van der Waals surface area contributed by atoms with Crippen LogP contribution in [0.2, 0.25) is 0 Å². The highest BCUT2D eigenvalue weighted by Gasteiger charge is 1.97. The van der Waals surface area contributed by atoms with E-state index >= 15 is 0 Å². The van der Waals surface area contributed by atoms with Crippen LogP contribution in [-0.2, 0) is 0 Å². The van der Waals surface area contributed by atoms with Gasteiger partial charge in [-0.05, 0) is 6.07 Å². The molecule has 0 saturated carbocycles. The first-order valence-electron chi connectivity index (χ1n) is 4.94. The monoisotopic (exact) mass is 233 g/mol. The average molecular weight is 233 g/mol. The van der Waals surface area contributed by atoms with E-state index in [1.165, 1.54) is 6.33 Å². The van der Waals surface area contributed by atoms with Gasteiger partial charge in [-0.2, -0.15) is 0 Å². The lowest BCUT2D eigenvalue weighted by Gasteiger charge is -2.04. The summed E-state index contributed by atoms with van der Waals surface area (Å²) in [7, 11) is 3.18. The molecule has 2 aromatic rings. The van der Waals surface area contributed by atoms with E-state index in [-0.39, 0.29) is 0 Å². The molecule has 90 valence electrons. The standard InChI is InChI=1S/C8H11NO2.C4H4N2/c1-10-7-3-6(9)4-8(5-7)11-2;1-2-5-4-6-3-1/h3-5H,9H2,1-2H3;1-4H. The van der Waals surface area contributed by atoms with Gasteiger partial charge in [-0.25, -0.2) is 9.97 Å². The van der Waals surface area contributed by atoms with Crippen molar-refractivity contribution in [1.82, 2.24) is 9.97 Å². The number of aromatic nitrogens is 2. The number of ether oxygens (including phenoxy) is 2. The van der Waals surface area contributed by atoms with Gasteiger partial charge in [-0.3, -0.25) is 0 Å². The Morgan fingerprint density at radius 2 is 1.47 bits per heavy atom. The van der Waals surface area contributed by atoms with Gasteiger partial charge in [0, 0.05) is 36.3 Å². The van der Waals surface area contributed by atoms with Crippen LogP contribution in [-0.4, -0.2) is 24.2 Å². The number of hydrogen-bond donors (Lipinski definition) is 1. The second-order valence-corrected chi connectivity index (χ2v) is 3.05. The van der Waals surface area contributed by atoms with E-state index in [4.69, 9.17) is 15.2 Å². The SMILES string of the molecule is COc1cc(N)cc(OC)c1.c1cncnc1. The molecule has 0 aliphatic heterocycles. The Morgan fingerprint density at radius 3 is 1.76 bits per heavy atom. The fourth-order valence-electron chi connectivity index (χ4n) is 1.08. The van der Waals surface area contributed by atoms with Crippen LogP contribution in [0.25, 0.3) is 0 Å². The van der Waals surface area contributed by atoms with Gasteiger partial charge in [0.15, 0.2) is 0 Å². The van der Waals surface area contributed by atoms with E-state index in [0.717, 1.165) is 0 Å². The highest BCUT2D eigenvalue weighted by molar-refractivity contribution is 5.50. The third-order valence-electron chi connectivity index (χ3n) is 1.85. The normalized spacial score (nSPS) is 8.82. The molecule has 0 radical (unpaired) electrons. The van der Waals surface area contributed by atoms with Crippen LogP contribution in [0.1, 0.15) is 0 Å². The van der Waals surface area contributed by atoms with E-state index in [9.17, 15) is 0 Å². The van der Waals surface area contributed by atoms with E-state index in [0.29, 0.717) is 17.2 Å². The van der Waals surface area contributed by atoms with Crippen LogP contribution >= 0.6 is 0 Å². The van der Waals surface area contributed by atoms with Gasteiger partial charge in [0.1, 0.15) is 17.8 Å². The van der Waals surface area contributed by atoms with Crippen molar-refractivity contribution in [2.75, 3.05) is 20.0 Å². The molecule has 1 aromatic heterocycles. The highest BCUT2D eigenvalue weighted by Crippen LogP contribution is 2.23. The molecule has 0 unspecified atom stereocenters. The van der Waals surface area contributed by atoms with E-state index in [1.807, 2.05) is 0 Å². The number of nitrogens with two attached hydrogens (primary N) is 1. The van der Waals surface area contributed by atoms with Gasteiger partial charge in [-0.15, -0.1) is 0 Å². The molecule has 0 aliphatic rings. The van der Waals surface area contributed by atoms with Gasteiger partial charge in [0.2, 0.25) is 0 Å². The summed E-state index contributed by atoms with van der Waals surface area (Å²) in [5.41, 5.74) is 6.19. The summed E-state index contributed by atoms with van der Waals surface area (Å²) < 4.78 is 9.96. The number of nitrogens with zero attached hydrogens (tertiary/aromatic N) is 2. The Hall–Kier alpha value is -2.30. The topological polar surface area (TPSA) is 70.3 Å². The minimum atomic E-state index is 0.640. The molecule has 0 bridgehead atoms. The molecule has 1 heterocycles. The lowest BCUT2D eigenvalue weighted by atomic mass is 10.3. The average Bonchev–Trinajstić information content (AvgIpc) is 2.40. The first-order chi connectivity index (χ1) is 8.26. The number of hydrogen-bond acceptors (Lipinski definition) is 5. The van der Waals surface area contributed by atoms with Crippen LogP contribution < -0.4 is 15.2 Å². The summed E-state index contributed by atoms with van der Waals surface area (Å²) in [6, 6.07) is 7.03. The zero-order valence-corrected chi connectivity index (χ0v) is 9.83. The molecule has 2 N–H and O–H groups in total. The van der Waals surface area contributed by atoms with Gasteiger partial charge < -0.3 is 15.2 Å². The maximum absolute atomic E-state index is 5.55. The smallest absolute Gasteiger partial charge is 0.124 e. The van der Waals surface area contributed by atoms with E-state index in [2.05, 4.69) is 9.97 Å². The molecule has 17 heavy (non-hydrogen) atoms. The second kappa shape index (κ2) is 7.05. The zero-order valence-electron chi connectivity index (χ0n) is 9.83. The third-order valence-corrected chi connectivity index (χ3v) is 1.85. The van der Waals surface area contributed by atoms with Gasteiger partial charge in [-0.1, -0.05) is 0 Å². The van der Waals surface area contributed by atoms with Crippen LogP contribution in [0.3, 0.4) is 0 Å². The molecular formula is C12H15N3O2. The maximum Gasteiger partial charge on any atom is 0.124 e. The lowest BCUT2D eigenvalue weighted by Crippen LogP contribution is -1.90. The molecule has 2 rings (SSSR count). The molecule has 5 nitrogen and oxygen atoms in total. The van der Waals surface area contributed by atoms with Crippen molar-refractivity contribution >= 4 is 5.69 Å². The summed E-state index contributed by atoms with van der Waals surface area (Å²) in [6.45, 7) is 0. The number of methoxy groups -OCH3 is 2. The van der Waals surface area contributed by atoms with Crippen molar-refractivity contribution < 1.29 is 9.47 Å². The Morgan fingerprint density at radius 1 is 0.941 bits per heavy atom. The number of nitrogen functional groups attached to an aromatic ring is 1. The first kappa shape index (κ1) is 12.8. The number of benzene rings is 1. The lowest BCUT2D eigenvalue weighted by molar-refractivity contribution is 0.395. The van der Waals surface area contributed by atoms with Crippen molar-refractivity contribution in [3.05, 3.63) is 43.0 Å². The Balaban J connectivity index is 0.000000202. The summed E-state index contributed by atoms with van der Waals surface area (Å²) in [6.07, 6.45) is 4.88. The van der Waals surface area contributed by atoms with Crippen molar-refractivity contribution in [2.45, 2.75) is 0 Å². The van der Waals surface area contributed by atoms with Crippen molar-refractivity contribution in [1.29, 1.82) is 0 Å². The summed E-state index contributed by atoms with van der Waals surface area (Å²) in [5.74, 6) is 1.42. The zero-order chi connectivity index (χ0) is 12.5. The van der Waals surface area contributed by atoms with Crippen LogP contribution in [0.5, 0.6) is 11.5 Å². The van der Waals surface area contributed by atoms with E-state index in [1.54, 1.807) is 50.9 Å². The molecular weight excluding hydrogens is 218 g/mol. The Labute approximate surface area is 100 Å². The minimum Gasteiger partial charge on any atom is -0.497 e. The van der Waals surface area contributed by atoms with E-state index < -0.39 is 0 Å². The molecule has 0 atom stereocenters. The molecule has 0 amide bonds. The fourth-order valence-corrected chi connectivity index (χ4v) is 1.08. The van der Waals surface area contributed by atoms with Gasteiger partial charge in [0.05, 0.1) is 14.2 Å². The predicted molar refractivity (Wildman–Crippen MR) is 66.0 cm³/mol. The molecule has 0 saturated heterocycles. The van der Waals surface area contributed by atoms with Crippen molar-refractivity contribution in [2.24, 2.45) is 0 Å². The maximum atomic E-state index is 5.55. The predicted octanol–water partition coefficient (Wildman–Crippen LogP) is 1.76. The fraction of sp³-hybridized carbons (Fsp3) is 0.167. The second-order valence-electron chi connectivity index (χ2n) is 3.05. The molecule has 0 fully saturated rings. The van der Waals surface area contributed by atoms with Crippen LogP contribution in [0.15, 0.2) is 43.0 Å². The van der Waals surface area contributed by atoms with Crippen LogP contribution in [0.4, 0.5) is 5.69 Å². The Kier molecular flexibility index (Phi) is 5.30. The van der Waals surface area contributed by atoms with Gasteiger partial charge >= 0.3 is 0 Å². The molecule has 1 aromatic carbocycles. The summed E-state index contributed by atoms with van der Waals surface area (Å²) in [4.78, 5) is 7.35. The first-order valence-corrected chi connectivity index (χ1v) is 4.94. The quantitative estimate of drug-likeness (QED) is 0.800. The summed E-state index contributed by atoms with van der Waals surface area (Å²) in [5, 5.41) is 0. The number of rotatable bonds is 2. The number of anilines is 1. The Bertz CT molecular complexity index is 386. The summed E-state index contributed by atoms with van der Waals surface area (Å²) >= 11 is 0. The minimum absolute atomic E-state index is 0.640. The molecule has 5 heteroatoms. The molecule has 0 aliphatic carbocycles. The van der Waals surface area contributed by atoms with Crippen LogP contribution in [0, 0.1) is 0 Å². The van der Waals surface area contributed by atoms with Gasteiger partial charge in [0.25, 0.3) is 0 Å². The third kappa shape index (κ3) is 4.83. The largest absolute Gasteiger partial charge is 0.497 e. The van der Waals surface area contributed by atoms with Crippen molar-refractivity contribution in [3.63, 3.8) is 0 Å². The van der Waals surface area contributed by atoms with Crippen molar-refractivity contribution in [3.8, 4) is 11.5 Å². The highest BCUT2D eigenvalue weighted by atomic mass is 16.5.